The zero-order chi connectivity index (χ0) is 15.3. The largest absolute Gasteiger partial charge is 0.342 e. The molecule has 1 saturated heterocycles. The SMILES string of the molecule is CCCC1C(=O)NC(C(C)(C)C)C(=O)N1CCSCC. The van der Waals surface area contributed by atoms with Gasteiger partial charge in [0.05, 0.1) is 0 Å². The molecule has 4 nitrogen and oxygen atoms in total. The van der Waals surface area contributed by atoms with Gasteiger partial charge in [0.15, 0.2) is 0 Å². The van der Waals surface area contributed by atoms with E-state index in [-0.39, 0.29) is 23.3 Å². The highest BCUT2D eigenvalue weighted by atomic mass is 32.2. The molecule has 2 amide bonds. The molecule has 0 aromatic rings. The van der Waals surface area contributed by atoms with Gasteiger partial charge in [-0.15, -0.1) is 0 Å². The third-order valence-electron chi connectivity index (χ3n) is 3.60. The summed E-state index contributed by atoms with van der Waals surface area (Å²) in [6.07, 6.45) is 1.65. The molecule has 0 radical (unpaired) electrons. The second-order valence-electron chi connectivity index (χ2n) is 6.34. The minimum absolute atomic E-state index is 0.00729. The van der Waals surface area contributed by atoms with Gasteiger partial charge in [0.25, 0.3) is 0 Å². The fourth-order valence-electron chi connectivity index (χ4n) is 2.48. The van der Waals surface area contributed by atoms with E-state index in [2.05, 4.69) is 12.2 Å². The van der Waals surface area contributed by atoms with Crippen molar-refractivity contribution in [3.63, 3.8) is 0 Å². The molecule has 1 aliphatic rings. The third-order valence-corrected chi connectivity index (χ3v) is 4.48. The van der Waals surface area contributed by atoms with Gasteiger partial charge in [-0.1, -0.05) is 41.0 Å². The Kier molecular flexibility index (Phi) is 6.37. The van der Waals surface area contributed by atoms with Gasteiger partial charge in [0, 0.05) is 12.3 Å². The molecule has 0 saturated carbocycles. The molecule has 0 bridgehead atoms. The number of hydrogen-bond acceptors (Lipinski definition) is 3. The summed E-state index contributed by atoms with van der Waals surface area (Å²) in [7, 11) is 0. The first-order valence-electron chi connectivity index (χ1n) is 7.51. The third kappa shape index (κ3) is 4.14. The number of thioether (sulfide) groups is 1. The van der Waals surface area contributed by atoms with Crippen molar-refractivity contribution >= 4 is 23.6 Å². The molecule has 1 heterocycles. The smallest absolute Gasteiger partial charge is 0.246 e. The van der Waals surface area contributed by atoms with E-state index in [9.17, 15) is 9.59 Å². The summed E-state index contributed by atoms with van der Waals surface area (Å²) in [6, 6.07) is -0.696. The zero-order valence-electron chi connectivity index (χ0n) is 13.4. The van der Waals surface area contributed by atoms with Crippen LogP contribution in [0.25, 0.3) is 0 Å². The van der Waals surface area contributed by atoms with Gasteiger partial charge in [-0.25, -0.2) is 0 Å². The number of piperazine rings is 1. The molecule has 116 valence electrons. The van der Waals surface area contributed by atoms with Gasteiger partial charge in [-0.3, -0.25) is 9.59 Å². The van der Waals surface area contributed by atoms with Crippen molar-refractivity contribution in [3.05, 3.63) is 0 Å². The zero-order valence-corrected chi connectivity index (χ0v) is 14.2. The van der Waals surface area contributed by atoms with Crippen LogP contribution in [-0.2, 0) is 9.59 Å². The lowest BCUT2D eigenvalue weighted by Crippen LogP contribution is -2.66. The van der Waals surface area contributed by atoms with E-state index in [1.165, 1.54) is 0 Å². The Bertz CT molecular complexity index is 352. The molecular weight excluding hydrogens is 272 g/mol. The molecule has 1 rings (SSSR count). The molecule has 0 spiro atoms. The van der Waals surface area contributed by atoms with Crippen LogP contribution in [-0.4, -0.2) is 46.8 Å². The van der Waals surface area contributed by atoms with E-state index in [1.807, 2.05) is 39.5 Å². The summed E-state index contributed by atoms with van der Waals surface area (Å²) >= 11 is 1.81. The maximum atomic E-state index is 12.7. The van der Waals surface area contributed by atoms with Crippen LogP contribution in [0.5, 0.6) is 0 Å². The van der Waals surface area contributed by atoms with E-state index in [4.69, 9.17) is 0 Å². The van der Waals surface area contributed by atoms with E-state index in [0.717, 1.165) is 24.3 Å². The van der Waals surface area contributed by atoms with Crippen LogP contribution in [0, 0.1) is 5.41 Å². The highest BCUT2D eigenvalue weighted by Crippen LogP contribution is 2.26. The summed E-state index contributed by atoms with van der Waals surface area (Å²) in [5, 5.41) is 2.92. The quantitative estimate of drug-likeness (QED) is 0.766. The fourth-order valence-corrected chi connectivity index (χ4v) is 3.10. The molecule has 0 aliphatic carbocycles. The Hall–Kier alpha value is -0.710. The normalized spacial score (nSPS) is 23.9. The van der Waals surface area contributed by atoms with Crippen molar-refractivity contribution in [2.75, 3.05) is 18.1 Å². The predicted molar refractivity (Wildman–Crippen MR) is 84.8 cm³/mol. The number of amides is 2. The first kappa shape index (κ1) is 17.3. The summed E-state index contributed by atoms with van der Waals surface area (Å²) in [4.78, 5) is 26.8. The van der Waals surface area contributed by atoms with Gasteiger partial charge in [0.1, 0.15) is 12.1 Å². The number of nitrogens with zero attached hydrogens (tertiary/aromatic N) is 1. The van der Waals surface area contributed by atoms with Crippen LogP contribution in [0.2, 0.25) is 0 Å². The van der Waals surface area contributed by atoms with Crippen LogP contribution >= 0.6 is 11.8 Å². The lowest BCUT2D eigenvalue weighted by atomic mass is 9.83. The minimum Gasteiger partial charge on any atom is -0.342 e. The van der Waals surface area contributed by atoms with Gasteiger partial charge < -0.3 is 10.2 Å². The molecule has 1 aliphatic heterocycles. The van der Waals surface area contributed by atoms with Crippen molar-refractivity contribution in [2.45, 2.75) is 59.5 Å². The topological polar surface area (TPSA) is 49.4 Å². The second-order valence-corrected chi connectivity index (χ2v) is 7.73. The predicted octanol–water partition coefficient (Wildman–Crippen LogP) is 2.28. The van der Waals surface area contributed by atoms with Gasteiger partial charge in [-0.05, 0) is 17.6 Å². The number of carbonyl (C=O) groups excluding carboxylic acids is 2. The van der Waals surface area contributed by atoms with E-state index in [1.54, 1.807) is 4.90 Å². The first-order valence-corrected chi connectivity index (χ1v) is 8.67. The maximum absolute atomic E-state index is 12.7. The minimum atomic E-state index is -0.408. The van der Waals surface area contributed by atoms with Gasteiger partial charge >= 0.3 is 0 Å². The molecular formula is C15H28N2O2S. The van der Waals surface area contributed by atoms with Crippen LogP contribution in [0.1, 0.15) is 47.5 Å². The fraction of sp³-hybridized carbons (Fsp3) is 0.867. The Morgan fingerprint density at radius 1 is 1.25 bits per heavy atom. The average Bonchev–Trinajstić information content (AvgIpc) is 2.35. The molecule has 0 aromatic heterocycles. The summed E-state index contributed by atoms with van der Waals surface area (Å²) in [6.45, 7) is 10.8. The van der Waals surface area contributed by atoms with Crippen LogP contribution in [0.4, 0.5) is 0 Å². The lowest BCUT2D eigenvalue weighted by Gasteiger charge is -2.43. The number of nitrogens with one attached hydrogen (secondary N) is 1. The van der Waals surface area contributed by atoms with Crippen molar-refractivity contribution in [2.24, 2.45) is 5.41 Å². The van der Waals surface area contributed by atoms with Crippen molar-refractivity contribution < 1.29 is 9.59 Å². The molecule has 2 atom stereocenters. The van der Waals surface area contributed by atoms with E-state index >= 15 is 0 Å². The summed E-state index contributed by atoms with van der Waals surface area (Å²) in [5.41, 5.74) is -0.250. The van der Waals surface area contributed by atoms with Crippen molar-refractivity contribution in [3.8, 4) is 0 Å². The highest BCUT2D eigenvalue weighted by molar-refractivity contribution is 7.99. The molecule has 0 aromatic carbocycles. The monoisotopic (exact) mass is 300 g/mol. The van der Waals surface area contributed by atoms with Crippen LogP contribution < -0.4 is 5.32 Å². The number of rotatable bonds is 6. The van der Waals surface area contributed by atoms with Gasteiger partial charge in [0.2, 0.25) is 11.8 Å². The Morgan fingerprint density at radius 2 is 1.90 bits per heavy atom. The maximum Gasteiger partial charge on any atom is 0.246 e. The van der Waals surface area contributed by atoms with Gasteiger partial charge in [-0.2, -0.15) is 11.8 Å². The Morgan fingerprint density at radius 3 is 2.40 bits per heavy atom. The molecule has 5 heteroatoms. The van der Waals surface area contributed by atoms with Crippen molar-refractivity contribution in [1.82, 2.24) is 10.2 Å². The van der Waals surface area contributed by atoms with Crippen LogP contribution in [0.15, 0.2) is 0 Å². The number of hydrogen-bond donors (Lipinski definition) is 1. The van der Waals surface area contributed by atoms with E-state index < -0.39 is 6.04 Å². The highest BCUT2D eigenvalue weighted by Gasteiger charge is 2.44. The number of carbonyl (C=O) groups is 2. The standard InChI is InChI=1S/C15H28N2O2S/c1-6-8-11-13(18)16-12(15(3,4)5)14(19)17(11)9-10-20-7-2/h11-12H,6-10H2,1-5H3,(H,16,18). The second kappa shape index (κ2) is 7.34. The summed E-state index contributed by atoms with van der Waals surface area (Å²) < 4.78 is 0. The lowest BCUT2D eigenvalue weighted by molar-refractivity contribution is -0.152. The molecule has 1 fully saturated rings. The Balaban J connectivity index is 2.89. The molecule has 20 heavy (non-hydrogen) atoms. The average molecular weight is 300 g/mol. The van der Waals surface area contributed by atoms with Crippen molar-refractivity contribution in [1.29, 1.82) is 0 Å². The summed E-state index contributed by atoms with van der Waals surface area (Å²) in [5.74, 6) is 2.02. The molecule has 1 N–H and O–H groups in total. The Labute approximate surface area is 127 Å². The van der Waals surface area contributed by atoms with Crippen LogP contribution in [0.3, 0.4) is 0 Å². The first-order chi connectivity index (χ1) is 9.32. The van der Waals surface area contributed by atoms with E-state index in [0.29, 0.717) is 6.54 Å². The molecule has 2 unspecified atom stereocenters.